The molecule has 0 aliphatic rings. The summed E-state index contributed by atoms with van der Waals surface area (Å²) in [6.07, 6.45) is 1.72. The topological polar surface area (TPSA) is 47.0 Å². The first-order valence-corrected chi connectivity index (χ1v) is 5.89. The number of halogens is 1. The first-order chi connectivity index (χ1) is 8.20. The molecule has 0 unspecified atom stereocenters. The highest BCUT2D eigenvalue weighted by molar-refractivity contribution is 9.10. The van der Waals surface area contributed by atoms with Gasteiger partial charge in [0, 0.05) is 6.20 Å². The Morgan fingerprint density at radius 2 is 2.06 bits per heavy atom. The quantitative estimate of drug-likeness (QED) is 0.943. The van der Waals surface area contributed by atoms with Crippen molar-refractivity contribution in [1.29, 1.82) is 0 Å². The van der Waals surface area contributed by atoms with Crippen molar-refractivity contribution in [1.82, 2.24) is 9.97 Å². The van der Waals surface area contributed by atoms with Crippen LogP contribution in [0.25, 0.3) is 0 Å². The lowest BCUT2D eigenvalue weighted by Gasteiger charge is -2.09. The molecule has 4 nitrogen and oxygen atoms in total. The van der Waals surface area contributed by atoms with E-state index in [9.17, 15) is 0 Å². The van der Waals surface area contributed by atoms with Crippen LogP contribution in [0.2, 0.25) is 0 Å². The van der Waals surface area contributed by atoms with Crippen LogP contribution in [-0.4, -0.2) is 17.1 Å². The summed E-state index contributed by atoms with van der Waals surface area (Å²) in [4.78, 5) is 8.50. The molecular weight excluding hydrogens is 282 g/mol. The van der Waals surface area contributed by atoms with Crippen LogP contribution >= 0.6 is 15.9 Å². The number of benzene rings is 1. The van der Waals surface area contributed by atoms with Gasteiger partial charge in [-0.1, -0.05) is 12.1 Å². The maximum atomic E-state index is 5.24. The van der Waals surface area contributed by atoms with Crippen LogP contribution in [0.3, 0.4) is 0 Å². The van der Waals surface area contributed by atoms with E-state index in [1.54, 1.807) is 13.3 Å². The van der Waals surface area contributed by atoms with Gasteiger partial charge in [-0.05, 0) is 35.0 Å². The Bertz CT molecular complexity index is 531. The zero-order valence-corrected chi connectivity index (χ0v) is 11.2. The second kappa shape index (κ2) is 5.14. The van der Waals surface area contributed by atoms with Crippen LogP contribution in [0.4, 0.5) is 11.6 Å². The number of methoxy groups -OCH3 is 1. The number of aryl methyl sites for hydroxylation is 1. The van der Waals surface area contributed by atoms with E-state index in [0.717, 1.165) is 21.6 Å². The van der Waals surface area contributed by atoms with Crippen LogP contribution in [0, 0.1) is 6.92 Å². The van der Waals surface area contributed by atoms with E-state index in [0.29, 0.717) is 5.95 Å². The standard InChI is InChI=1S/C12H12BrN3O/c1-8-9(13)7-14-12(15-8)16-10-5-3-4-6-11(10)17-2/h3-7H,1-2H3,(H,14,15,16). The second-order valence-corrected chi connectivity index (χ2v) is 4.31. The number of anilines is 2. The molecule has 1 heterocycles. The van der Waals surface area contributed by atoms with E-state index in [1.807, 2.05) is 31.2 Å². The SMILES string of the molecule is COc1ccccc1Nc1ncc(Br)c(C)n1. The van der Waals surface area contributed by atoms with Gasteiger partial charge < -0.3 is 10.1 Å². The number of nitrogens with zero attached hydrogens (tertiary/aromatic N) is 2. The smallest absolute Gasteiger partial charge is 0.227 e. The van der Waals surface area contributed by atoms with Gasteiger partial charge >= 0.3 is 0 Å². The van der Waals surface area contributed by atoms with Gasteiger partial charge in [0.2, 0.25) is 5.95 Å². The Labute approximate surface area is 108 Å². The highest BCUT2D eigenvalue weighted by atomic mass is 79.9. The van der Waals surface area contributed by atoms with Crippen molar-refractivity contribution in [2.45, 2.75) is 6.92 Å². The molecule has 1 N–H and O–H groups in total. The van der Waals surface area contributed by atoms with Crippen molar-refractivity contribution in [2.24, 2.45) is 0 Å². The summed E-state index contributed by atoms with van der Waals surface area (Å²) in [5, 5.41) is 3.12. The minimum absolute atomic E-state index is 0.551. The predicted octanol–water partition coefficient (Wildman–Crippen LogP) is 3.30. The first kappa shape index (κ1) is 11.9. The van der Waals surface area contributed by atoms with Crippen LogP contribution in [0.1, 0.15) is 5.69 Å². The molecule has 0 saturated heterocycles. The van der Waals surface area contributed by atoms with E-state index in [1.165, 1.54) is 0 Å². The number of ether oxygens (including phenoxy) is 1. The summed E-state index contributed by atoms with van der Waals surface area (Å²) < 4.78 is 6.14. The van der Waals surface area contributed by atoms with Gasteiger partial charge in [-0.3, -0.25) is 0 Å². The number of rotatable bonds is 3. The maximum Gasteiger partial charge on any atom is 0.227 e. The zero-order valence-electron chi connectivity index (χ0n) is 9.57. The lowest BCUT2D eigenvalue weighted by Crippen LogP contribution is -2.00. The van der Waals surface area contributed by atoms with Crippen LogP contribution < -0.4 is 10.1 Å². The Morgan fingerprint density at radius 1 is 1.29 bits per heavy atom. The summed E-state index contributed by atoms with van der Waals surface area (Å²) in [6.45, 7) is 1.92. The number of hydrogen-bond donors (Lipinski definition) is 1. The van der Waals surface area contributed by atoms with Gasteiger partial charge in [-0.2, -0.15) is 0 Å². The van der Waals surface area contributed by atoms with Crippen molar-refractivity contribution >= 4 is 27.6 Å². The van der Waals surface area contributed by atoms with Crippen molar-refractivity contribution in [3.63, 3.8) is 0 Å². The van der Waals surface area contributed by atoms with Gasteiger partial charge in [0.25, 0.3) is 0 Å². The maximum absolute atomic E-state index is 5.24. The summed E-state index contributed by atoms with van der Waals surface area (Å²) in [5.41, 5.74) is 1.73. The van der Waals surface area contributed by atoms with Crippen LogP contribution in [0.5, 0.6) is 5.75 Å². The van der Waals surface area contributed by atoms with Gasteiger partial charge in [0.1, 0.15) is 5.75 Å². The summed E-state index contributed by atoms with van der Waals surface area (Å²) in [7, 11) is 1.63. The molecule has 0 aliphatic carbocycles. The predicted molar refractivity (Wildman–Crippen MR) is 70.7 cm³/mol. The third-order valence-corrected chi connectivity index (χ3v) is 3.05. The average molecular weight is 294 g/mol. The highest BCUT2D eigenvalue weighted by Crippen LogP contribution is 2.26. The number of hydrogen-bond acceptors (Lipinski definition) is 4. The average Bonchev–Trinajstić information content (AvgIpc) is 2.34. The summed E-state index contributed by atoms with van der Waals surface area (Å²) in [6, 6.07) is 7.64. The molecule has 0 saturated carbocycles. The molecule has 0 fully saturated rings. The van der Waals surface area contributed by atoms with Crippen LogP contribution in [0.15, 0.2) is 34.9 Å². The molecule has 1 aromatic heterocycles. The van der Waals surface area contributed by atoms with Gasteiger partial charge in [-0.15, -0.1) is 0 Å². The summed E-state index contributed by atoms with van der Waals surface area (Å²) in [5.74, 6) is 1.31. The fourth-order valence-electron chi connectivity index (χ4n) is 1.38. The molecule has 5 heteroatoms. The van der Waals surface area contributed by atoms with Crippen molar-refractivity contribution in [3.8, 4) is 5.75 Å². The Hall–Kier alpha value is -1.62. The number of para-hydroxylation sites is 2. The molecule has 17 heavy (non-hydrogen) atoms. The monoisotopic (exact) mass is 293 g/mol. The molecule has 1 aromatic carbocycles. The van der Waals surface area contributed by atoms with Crippen molar-refractivity contribution < 1.29 is 4.74 Å². The van der Waals surface area contributed by atoms with E-state index >= 15 is 0 Å². The van der Waals surface area contributed by atoms with Crippen molar-refractivity contribution in [2.75, 3.05) is 12.4 Å². The second-order valence-electron chi connectivity index (χ2n) is 3.45. The normalized spacial score (nSPS) is 10.1. The molecule has 2 aromatic rings. The third kappa shape index (κ3) is 2.74. The minimum atomic E-state index is 0.551. The van der Waals surface area contributed by atoms with E-state index < -0.39 is 0 Å². The molecule has 2 rings (SSSR count). The lowest BCUT2D eigenvalue weighted by molar-refractivity contribution is 0.417. The van der Waals surface area contributed by atoms with E-state index in [2.05, 4.69) is 31.2 Å². The molecule has 88 valence electrons. The fourth-order valence-corrected chi connectivity index (χ4v) is 1.57. The Morgan fingerprint density at radius 3 is 2.76 bits per heavy atom. The number of aromatic nitrogens is 2. The molecule has 0 amide bonds. The molecule has 0 atom stereocenters. The molecule has 0 bridgehead atoms. The fraction of sp³-hybridized carbons (Fsp3) is 0.167. The van der Waals surface area contributed by atoms with Gasteiger partial charge in [-0.25, -0.2) is 9.97 Å². The van der Waals surface area contributed by atoms with E-state index in [-0.39, 0.29) is 0 Å². The van der Waals surface area contributed by atoms with Gasteiger partial charge in [0.05, 0.1) is 23.0 Å². The third-order valence-electron chi connectivity index (χ3n) is 2.27. The van der Waals surface area contributed by atoms with Crippen LogP contribution in [-0.2, 0) is 0 Å². The Kier molecular flexibility index (Phi) is 3.58. The first-order valence-electron chi connectivity index (χ1n) is 5.10. The van der Waals surface area contributed by atoms with Crippen molar-refractivity contribution in [3.05, 3.63) is 40.6 Å². The minimum Gasteiger partial charge on any atom is -0.495 e. The molecule has 0 aliphatic heterocycles. The summed E-state index contributed by atoms with van der Waals surface area (Å²) >= 11 is 3.37. The molecular formula is C12H12BrN3O. The molecule has 0 radical (unpaired) electrons. The van der Waals surface area contributed by atoms with E-state index in [4.69, 9.17) is 4.74 Å². The van der Waals surface area contributed by atoms with Gasteiger partial charge in [0.15, 0.2) is 0 Å². The highest BCUT2D eigenvalue weighted by Gasteiger charge is 2.05. The largest absolute Gasteiger partial charge is 0.495 e. The zero-order chi connectivity index (χ0) is 12.3. The Balaban J connectivity index is 2.28. The molecule has 0 spiro atoms. The number of nitrogens with one attached hydrogen (secondary N) is 1. The lowest BCUT2D eigenvalue weighted by atomic mass is 10.3.